The number of nitrogens with zero attached hydrogens (tertiary/aromatic N) is 4. The van der Waals surface area contributed by atoms with Crippen LogP contribution < -0.4 is 26.4 Å². The third-order valence-electron chi connectivity index (χ3n) is 6.70. The number of amides is 1. The third-order valence-corrected chi connectivity index (χ3v) is 6.70. The zero-order valence-electron chi connectivity index (χ0n) is 21.2. The zero-order chi connectivity index (χ0) is 26.6. The van der Waals surface area contributed by atoms with E-state index in [9.17, 15) is 9.59 Å². The summed E-state index contributed by atoms with van der Waals surface area (Å²) in [5, 5.41) is 10.6. The van der Waals surface area contributed by atoms with Gasteiger partial charge in [-0.15, -0.1) is 0 Å². The Labute approximate surface area is 225 Å². The maximum atomic E-state index is 13.0. The molecule has 0 bridgehead atoms. The predicted molar refractivity (Wildman–Crippen MR) is 154 cm³/mol. The lowest BCUT2D eigenvalue weighted by molar-refractivity contribution is 0.102. The lowest BCUT2D eigenvalue weighted by atomic mass is 10.2. The highest BCUT2D eigenvalue weighted by Crippen LogP contribution is 2.28. The Bertz CT molecular complexity index is 1680. The van der Waals surface area contributed by atoms with Crippen molar-refractivity contribution in [2.45, 2.75) is 0 Å². The van der Waals surface area contributed by atoms with Crippen molar-refractivity contribution in [3.8, 4) is 5.69 Å². The van der Waals surface area contributed by atoms with Crippen LogP contribution in [0.5, 0.6) is 0 Å². The summed E-state index contributed by atoms with van der Waals surface area (Å²) < 4.78 is 1.46. The van der Waals surface area contributed by atoms with Gasteiger partial charge in [-0.05, 0) is 60.7 Å². The van der Waals surface area contributed by atoms with Gasteiger partial charge in [0, 0.05) is 66.7 Å². The molecule has 9 heteroatoms. The molecule has 6 rings (SSSR count). The van der Waals surface area contributed by atoms with E-state index in [1.807, 2.05) is 54.7 Å². The van der Waals surface area contributed by atoms with Crippen LogP contribution in [0.3, 0.4) is 0 Å². The van der Waals surface area contributed by atoms with E-state index in [0.717, 1.165) is 54.3 Å². The van der Waals surface area contributed by atoms with Crippen molar-refractivity contribution in [2.24, 2.45) is 0 Å². The van der Waals surface area contributed by atoms with Crippen molar-refractivity contribution < 1.29 is 4.79 Å². The van der Waals surface area contributed by atoms with Crippen LogP contribution in [0.1, 0.15) is 10.4 Å². The fourth-order valence-corrected chi connectivity index (χ4v) is 4.66. The molecule has 0 spiro atoms. The van der Waals surface area contributed by atoms with E-state index in [1.165, 1.54) is 10.6 Å². The molecular formula is C30H27N7O2. The first-order valence-electron chi connectivity index (χ1n) is 12.8. The Balaban J connectivity index is 1.19. The van der Waals surface area contributed by atoms with Crippen LogP contribution in [0.25, 0.3) is 16.6 Å². The second-order valence-electron chi connectivity index (χ2n) is 9.24. The van der Waals surface area contributed by atoms with Gasteiger partial charge < -0.3 is 20.9 Å². The molecule has 0 saturated carbocycles. The van der Waals surface area contributed by atoms with E-state index in [4.69, 9.17) is 0 Å². The monoisotopic (exact) mass is 517 g/mol. The van der Waals surface area contributed by atoms with Gasteiger partial charge in [0.2, 0.25) is 0 Å². The molecule has 2 aromatic carbocycles. The molecule has 194 valence electrons. The minimum Gasteiger partial charge on any atom is -0.355 e. The Morgan fingerprint density at radius 1 is 0.872 bits per heavy atom. The van der Waals surface area contributed by atoms with E-state index >= 15 is 0 Å². The SMILES string of the molecule is O=C(Nc1ccc(Nc2ccnc3cnc(N4CCNCC4)cc23)cc1)c1cccn(-c2ccccc2)c1=O. The van der Waals surface area contributed by atoms with Crippen molar-refractivity contribution in [2.75, 3.05) is 41.7 Å². The molecule has 1 saturated heterocycles. The lowest BCUT2D eigenvalue weighted by Gasteiger charge is -2.28. The average molecular weight is 518 g/mol. The number of hydrogen-bond acceptors (Lipinski definition) is 7. The van der Waals surface area contributed by atoms with Crippen LogP contribution in [0.4, 0.5) is 22.9 Å². The fraction of sp³-hybridized carbons (Fsp3) is 0.133. The van der Waals surface area contributed by atoms with Gasteiger partial charge in [-0.2, -0.15) is 0 Å². The van der Waals surface area contributed by atoms with Gasteiger partial charge in [-0.3, -0.25) is 19.1 Å². The first-order valence-corrected chi connectivity index (χ1v) is 12.8. The normalized spacial score (nSPS) is 13.3. The van der Waals surface area contributed by atoms with Crippen molar-refractivity contribution in [3.05, 3.63) is 113 Å². The minimum atomic E-state index is -0.459. The van der Waals surface area contributed by atoms with E-state index in [2.05, 4.69) is 36.9 Å². The molecular weight excluding hydrogens is 490 g/mol. The number of hydrogen-bond donors (Lipinski definition) is 3. The summed E-state index contributed by atoms with van der Waals surface area (Å²) in [5.74, 6) is 0.476. The molecule has 3 aromatic heterocycles. The molecule has 9 nitrogen and oxygen atoms in total. The zero-order valence-corrected chi connectivity index (χ0v) is 21.2. The minimum absolute atomic E-state index is 0.0701. The standard InChI is InChI=1S/C30H27N7O2/c38-29(24-7-4-16-37(30(24)39)23-5-2-1-3-6-23)35-22-10-8-21(9-11-22)34-26-12-13-32-27-20-33-28(19-25(26)27)36-17-14-31-15-18-36/h1-13,16,19-20,31H,14-15,17-18H2,(H,32,34)(H,35,38). The summed E-state index contributed by atoms with van der Waals surface area (Å²) >= 11 is 0. The second-order valence-corrected chi connectivity index (χ2v) is 9.24. The predicted octanol–water partition coefficient (Wildman–Crippen LogP) is 4.19. The highest BCUT2D eigenvalue weighted by molar-refractivity contribution is 6.04. The van der Waals surface area contributed by atoms with Crippen molar-refractivity contribution >= 4 is 39.7 Å². The second kappa shape index (κ2) is 10.8. The molecule has 0 radical (unpaired) electrons. The van der Waals surface area contributed by atoms with Gasteiger partial charge in [0.05, 0.1) is 11.7 Å². The summed E-state index contributed by atoms with van der Waals surface area (Å²) in [6.45, 7) is 3.71. The van der Waals surface area contributed by atoms with Crippen LogP contribution in [0.15, 0.2) is 102 Å². The molecule has 39 heavy (non-hydrogen) atoms. The molecule has 0 unspecified atom stereocenters. The Morgan fingerprint density at radius 2 is 1.64 bits per heavy atom. The number of carbonyl (C=O) groups is 1. The molecule has 1 fully saturated rings. The van der Waals surface area contributed by atoms with Crippen LogP contribution in [-0.2, 0) is 0 Å². The number of nitrogens with one attached hydrogen (secondary N) is 3. The summed E-state index contributed by atoms with van der Waals surface area (Å²) in [5.41, 5.74) is 3.57. The number of para-hydroxylation sites is 1. The van der Waals surface area contributed by atoms with Gasteiger partial charge in [0.15, 0.2) is 0 Å². The van der Waals surface area contributed by atoms with Gasteiger partial charge in [-0.25, -0.2) is 4.98 Å². The van der Waals surface area contributed by atoms with E-state index < -0.39 is 5.91 Å². The van der Waals surface area contributed by atoms with Crippen molar-refractivity contribution in [1.29, 1.82) is 0 Å². The van der Waals surface area contributed by atoms with Crippen LogP contribution in [-0.4, -0.2) is 46.6 Å². The quantitative estimate of drug-likeness (QED) is 0.310. The Kier molecular flexibility index (Phi) is 6.71. The number of pyridine rings is 3. The summed E-state index contributed by atoms with van der Waals surface area (Å²) in [7, 11) is 0. The topological polar surface area (TPSA) is 104 Å². The molecule has 4 heterocycles. The molecule has 3 N–H and O–H groups in total. The summed E-state index contributed by atoms with van der Waals surface area (Å²) in [6, 6.07) is 23.8. The van der Waals surface area contributed by atoms with Crippen LogP contribution >= 0.6 is 0 Å². The van der Waals surface area contributed by atoms with Gasteiger partial charge in [-0.1, -0.05) is 18.2 Å². The van der Waals surface area contributed by atoms with E-state index in [1.54, 1.807) is 30.6 Å². The molecule has 0 aliphatic carbocycles. The van der Waals surface area contributed by atoms with Gasteiger partial charge in [0.1, 0.15) is 11.4 Å². The number of benzene rings is 2. The highest BCUT2D eigenvalue weighted by atomic mass is 16.2. The first-order chi connectivity index (χ1) is 19.2. The number of fused-ring (bicyclic) bond motifs is 1. The lowest BCUT2D eigenvalue weighted by Crippen LogP contribution is -2.43. The third kappa shape index (κ3) is 5.21. The summed E-state index contributed by atoms with van der Waals surface area (Å²) in [6.07, 6.45) is 5.22. The summed E-state index contributed by atoms with van der Waals surface area (Å²) in [4.78, 5) is 37.3. The highest BCUT2D eigenvalue weighted by Gasteiger charge is 2.15. The Morgan fingerprint density at radius 3 is 2.44 bits per heavy atom. The van der Waals surface area contributed by atoms with Gasteiger partial charge >= 0.3 is 0 Å². The van der Waals surface area contributed by atoms with E-state index in [-0.39, 0.29) is 11.1 Å². The smallest absolute Gasteiger partial charge is 0.267 e. The van der Waals surface area contributed by atoms with Crippen LogP contribution in [0.2, 0.25) is 0 Å². The maximum absolute atomic E-state index is 13.0. The maximum Gasteiger partial charge on any atom is 0.267 e. The van der Waals surface area contributed by atoms with E-state index in [0.29, 0.717) is 11.4 Å². The number of carbonyl (C=O) groups excluding carboxylic acids is 1. The fourth-order valence-electron chi connectivity index (χ4n) is 4.66. The molecule has 1 aliphatic rings. The molecule has 1 aliphatic heterocycles. The molecule has 5 aromatic rings. The number of aromatic nitrogens is 3. The van der Waals surface area contributed by atoms with Crippen LogP contribution in [0, 0.1) is 0 Å². The Hall–Kier alpha value is -5.02. The molecule has 0 atom stereocenters. The number of rotatable bonds is 6. The van der Waals surface area contributed by atoms with Gasteiger partial charge in [0.25, 0.3) is 11.5 Å². The largest absolute Gasteiger partial charge is 0.355 e. The first kappa shape index (κ1) is 24.3. The average Bonchev–Trinajstić information content (AvgIpc) is 2.99. The molecule has 1 amide bonds. The number of piperazine rings is 1. The number of anilines is 4. The van der Waals surface area contributed by atoms with Crippen molar-refractivity contribution in [3.63, 3.8) is 0 Å². The van der Waals surface area contributed by atoms with Crippen molar-refractivity contribution in [1.82, 2.24) is 19.9 Å².